The van der Waals surface area contributed by atoms with Gasteiger partial charge in [0.15, 0.2) is 5.78 Å². The minimum Gasteiger partial charge on any atom is -0.466 e. The van der Waals surface area contributed by atoms with Crippen molar-refractivity contribution < 1.29 is 14.3 Å². The number of nitriles is 1. The highest BCUT2D eigenvalue weighted by Crippen LogP contribution is 2.35. The predicted octanol–water partition coefficient (Wildman–Crippen LogP) is 3.74. The van der Waals surface area contributed by atoms with Crippen molar-refractivity contribution in [2.24, 2.45) is 11.7 Å². The van der Waals surface area contributed by atoms with Crippen molar-refractivity contribution in [2.75, 3.05) is 7.11 Å². The molecule has 160 valence electrons. The molecule has 0 saturated heterocycles. The molecule has 2 N–H and O–H groups in total. The molecule has 1 aromatic heterocycles. The van der Waals surface area contributed by atoms with Gasteiger partial charge in [-0.1, -0.05) is 37.6 Å². The molecule has 0 bridgehead atoms. The smallest absolute Gasteiger partial charge is 0.334 e. The van der Waals surface area contributed by atoms with Gasteiger partial charge in [-0.05, 0) is 37.0 Å². The third-order valence-corrected chi connectivity index (χ3v) is 5.47. The molecule has 1 fully saturated rings. The Kier molecular flexibility index (Phi) is 7.32. The highest BCUT2D eigenvalue weighted by Gasteiger charge is 2.36. The lowest BCUT2D eigenvalue weighted by Gasteiger charge is -2.19. The molecule has 0 aliphatic heterocycles. The van der Waals surface area contributed by atoms with Crippen molar-refractivity contribution in [3.05, 3.63) is 64.9 Å². The predicted molar refractivity (Wildman–Crippen MR) is 118 cm³/mol. The number of carbonyl (C=O) groups excluding carboxylic acids is 2. The Balaban J connectivity index is 1.96. The zero-order valence-electron chi connectivity index (χ0n) is 17.9. The molecule has 6 heteroatoms. The monoisotopic (exact) mass is 417 g/mol. The van der Waals surface area contributed by atoms with Crippen LogP contribution in [-0.4, -0.2) is 29.9 Å². The number of ether oxygens (including phenoxy) is 1. The van der Waals surface area contributed by atoms with E-state index < -0.39 is 12.0 Å². The fraction of sp³-hybridized carbons (Fsp3) is 0.360. The van der Waals surface area contributed by atoms with Gasteiger partial charge in [0.05, 0.1) is 24.4 Å². The topological polar surface area (TPSA) is 106 Å². The Labute approximate surface area is 182 Å². The average Bonchev–Trinajstić information content (AvgIpc) is 3.64. The van der Waals surface area contributed by atoms with Crippen molar-refractivity contribution in [1.29, 1.82) is 5.26 Å². The maximum atomic E-state index is 13.0. The van der Waals surface area contributed by atoms with Gasteiger partial charge >= 0.3 is 5.97 Å². The summed E-state index contributed by atoms with van der Waals surface area (Å²) in [5.74, 6) is -0.608. The van der Waals surface area contributed by atoms with Gasteiger partial charge in [-0.25, -0.2) is 4.79 Å². The van der Waals surface area contributed by atoms with Crippen LogP contribution in [0.15, 0.2) is 53.7 Å². The average molecular weight is 418 g/mol. The first-order valence-electron chi connectivity index (χ1n) is 10.6. The number of benzene rings is 1. The van der Waals surface area contributed by atoms with Crippen LogP contribution in [0, 0.1) is 17.2 Å². The molecule has 0 spiro atoms. The first-order chi connectivity index (χ1) is 15.0. The lowest BCUT2D eigenvalue weighted by atomic mass is 9.89. The van der Waals surface area contributed by atoms with E-state index in [0.717, 1.165) is 30.4 Å². The lowest BCUT2D eigenvalue weighted by Crippen LogP contribution is -2.32. The number of Topliss-reactive ketones (excluding diaryl/α,β-unsaturated/α-hetero) is 1. The Morgan fingerprint density at radius 1 is 1.26 bits per heavy atom. The summed E-state index contributed by atoms with van der Waals surface area (Å²) < 4.78 is 5.01. The van der Waals surface area contributed by atoms with Crippen LogP contribution >= 0.6 is 0 Å². The molecule has 1 aromatic carbocycles. The molecule has 2 aromatic rings. The Morgan fingerprint density at radius 2 is 2.00 bits per heavy atom. The minimum absolute atomic E-state index is 0.0334. The summed E-state index contributed by atoms with van der Waals surface area (Å²) in [4.78, 5) is 30.1. The summed E-state index contributed by atoms with van der Waals surface area (Å²) in [6.45, 7) is 2.00. The SMILES string of the molecule is CCCC(N)/C(C(=O)C1CC1)=C(\Cc1ccc(-c2ccccc2C#N)nc1)C(=O)OC. The summed E-state index contributed by atoms with van der Waals surface area (Å²) in [7, 11) is 1.31. The quantitative estimate of drug-likeness (QED) is 0.492. The molecule has 1 aliphatic rings. The molecule has 0 radical (unpaired) electrons. The van der Waals surface area contributed by atoms with Crippen molar-refractivity contribution in [2.45, 2.75) is 45.1 Å². The van der Waals surface area contributed by atoms with Gasteiger partial charge in [0.2, 0.25) is 0 Å². The summed E-state index contributed by atoms with van der Waals surface area (Å²) >= 11 is 0. The van der Waals surface area contributed by atoms with Gasteiger partial charge in [0.1, 0.15) is 0 Å². The van der Waals surface area contributed by atoms with Gasteiger partial charge < -0.3 is 10.5 Å². The maximum absolute atomic E-state index is 13.0. The van der Waals surface area contributed by atoms with Crippen LogP contribution in [0.5, 0.6) is 0 Å². The molecule has 3 rings (SSSR count). The molecule has 1 heterocycles. The summed E-state index contributed by atoms with van der Waals surface area (Å²) in [5, 5.41) is 9.32. The van der Waals surface area contributed by atoms with E-state index in [9.17, 15) is 14.9 Å². The molecular formula is C25H27N3O3. The third-order valence-electron chi connectivity index (χ3n) is 5.47. The van der Waals surface area contributed by atoms with Crippen LogP contribution in [0.1, 0.15) is 43.7 Å². The lowest BCUT2D eigenvalue weighted by molar-refractivity contribution is -0.136. The van der Waals surface area contributed by atoms with Crippen LogP contribution in [0.25, 0.3) is 11.3 Å². The molecule has 0 amide bonds. The number of esters is 1. The number of aromatic nitrogens is 1. The number of nitrogens with zero attached hydrogens (tertiary/aromatic N) is 2. The molecule has 31 heavy (non-hydrogen) atoms. The largest absolute Gasteiger partial charge is 0.466 e. The highest BCUT2D eigenvalue weighted by molar-refractivity contribution is 6.06. The third kappa shape index (κ3) is 5.25. The molecule has 1 unspecified atom stereocenters. The zero-order chi connectivity index (χ0) is 22.4. The Bertz CT molecular complexity index is 1030. The summed E-state index contributed by atoms with van der Waals surface area (Å²) in [5.41, 5.74) is 9.77. The van der Waals surface area contributed by atoms with Gasteiger partial charge in [-0.2, -0.15) is 5.26 Å². The number of rotatable bonds is 9. The fourth-order valence-electron chi connectivity index (χ4n) is 3.67. The van der Waals surface area contributed by atoms with E-state index in [4.69, 9.17) is 10.5 Å². The van der Waals surface area contributed by atoms with E-state index in [1.54, 1.807) is 12.3 Å². The van der Waals surface area contributed by atoms with Crippen LogP contribution in [0.3, 0.4) is 0 Å². The van der Waals surface area contributed by atoms with E-state index >= 15 is 0 Å². The second-order valence-corrected chi connectivity index (χ2v) is 7.80. The molecular weight excluding hydrogens is 390 g/mol. The van der Waals surface area contributed by atoms with Crippen molar-refractivity contribution >= 4 is 11.8 Å². The number of carbonyl (C=O) groups is 2. The number of nitrogens with two attached hydrogens (primary N) is 1. The second-order valence-electron chi connectivity index (χ2n) is 7.80. The highest BCUT2D eigenvalue weighted by atomic mass is 16.5. The number of methoxy groups -OCH3 is 1. The number of ketones is 1. The van der Waals surface area contributed by atoms with Crippen LogP contribution < -0.4 is 5.73 Å². The molecule has 1 atom stereocenters. The van der Waals surface area contributed by atoms with Crippen LogP contribution in [0.4, 0.5) is 0 Å². The summed E-state index contributed by atoms with van der Waals surface area (Å²) in [6.07, 6.45) is 4.98. The molecule has 1 saturated carbocycles. The number of hydrogen-bond donors (Lipinski definition) is 1. The van der Waals surface area contributed by atoms with Gasteiger partial charge in [-0.15, -0.1) is 0 Å². The van der Waals surface area contributed by atoms with E-state index in [2.05, 4.69) is 11.1 Å². The van der Waals surface area contributed by atoms with Gasteiger partial charge in [0, 0.05) is 41.3 Å². The van der Waals surface area contributed by atoms with Crippen molar-refractivity contribution in [3.8, 4) is 17.3 Å². The standard InChI is InChI=1S/C25H27N3O3/c1-3-6-21(27)23(24(29)17-10-11-17)20(25(30)31-2)13-16-9-12-22(28-15-16)19-8-5-4-7-18(19)14-26/h4-5,7-9,12,15,17,21H,3,6,10-11,13,27H2,1-2H3/b23-20-. The summed E-state index contributed by atoms with van der Waals surface area (Å²) in [6, 6.07) is 12.6. The Morgan fingerprint density at radius 3 is 2.58 bits per heavy atom. The minimum atomic E-state index is -0.533. The zero-order valence-corrected chi connectivity index (χ0v) is 17.9. The Hall–Kier alpha value is -3.30. The number of pyridine rings is 1. The van der Waals surface area contributed by atoms with E-state index in [-0.39, 0.29) is 18.1 Å². The van der Waals surface area contributed by atoms with E-state index in [0.29, 0.717) is 28.8 Å². The molecule has 6 nitrogen and oxygen atoms in total. The molecule has 1 aliphatic carbocycles. The first-order valence-corrected chi connectivity index (χ1v) is 10.6. The van der Waals surface area contributed by atoms with Gasteiger partial charge in [-0.3, -0.25) is 9.78 Å². The van der Waals surface area contributed by atoms with Crippen molar-refractivity contribution in [3.63, 3.8) is 0 Å². The maximum Gasteiger partial charge on any atom is 0.334 e. The van der Waals surface area contributed by atoms with E-state index in [1.807, 2.05) is 37.3 Å². The van der Waals surface area contributed by atoms with E-state index in [1.165, 1.54) is 7.11 Å². The fourth-order valence-corrected chi connectivity index (χ4v) is 3.67. The van der Waals surface area contributed by atoms with Crippen molar-refractivity contribution in [1.82, 2.24) is 4.98 Å². The number of hydrogen-bond acceptors (Lipinski definition) is 6. The van der Waals surface area contributed by atoms with Crippen LogP contribution in [0.2, 0.25) is 0 Å². The second kappa shape index (κ2) is 10.1. The van der Waals surface area contributed by atoms with Gasteiger partial charge in [0.25, 0.3) is 0 Å². The van der Waals surface area contributed by atoms with Crippen LogP contribution in [-0.2, 0) is 20.7 Å². The first kappa shape index (κ1) is 22.4. The normalized spacial score (nSPS) is 14.9.